The van der Waals surface area contributed by atoms with Crippen LogP contribution in [-0.2, 0) is 25.7 Å². The van der Waals surface area contributed by atoms with Crippen LogP contribution in [0.1, 0.15) is 22.3 Å². The number of aryl methyl sites for hydroxylation is 4. The van der Waals surface area contributed by atoms with Gasteiger partial charge in [-0.05, 0) is 128 Å². The van der Waals surface area contributed by atoms with Gasteiger partial charge in [0.05, 0.1) is 16.9 Å². The fraction of sp³-hybridized carbons (Fsp3) is 0.0635. The average Bonchev–Trinajstić information content (AvgIpc) is 3.40. The first-order valence-electron chi connectivity index (χ1n) is 22.9. The van der Waals surface area contributed by atoms with Crippen LogP contribution in [0.3, 0.4) is 0 Å². The summed E-state index contributed by atoms with van der Waals surface area (Å²) in [7, 11) is 0. The third-order valence-corrected chi connectivity index (χ3v) is 12.9. The second-order valence-electron chi connectivity index (χ2n) is 17.1. The van der Waals surface area contributed by atoms with E-state index in [2.05, 4.69) is 198 Å². The first-order valence-corrected chi connectivity index (χ1v) is 22.9. The van der Waals surface area contributed by atoms with Crippen LogP contribution in [-0.4, -0.2) is 15.0 Å². The Balaban J connectivity index is 0.988. The number of pyridine rings is 3. The topological polar surface area (TPSA) is 38.7 Å². The maximum absolute atomic E-state index is 4.89. The van der Waals surface area contributed by atoms with Gasteiger partial charge < -0.3 is 0 Å². The lowest BCUT2D eigenvalue weighted by Gasteiger charge is -2.19. The molecular weight excluding hydrogens is 799 g/mol. The zero-order valence-electron chi connectivity index (χ0n) is 36.7. The molecular formula is C63H47N3. The first kappa shape index (κ1) is 40.5. The van der Waals surface area contributed by atoms with Crippen LogP contribution in [0.15, 0.2) is 237 Å². The molecule has 0 aliphatic rings. The van der Waals surface area contributed by atoms with Crippen molar-refractivity contribution in [2.24, 2.45) is 0 Å². The van der Waals surface area contributed by atoms with E-state index in [1.165, 1.54) is 72.1 Å². The van der Waals surface area contributed by atoms with Crippen LogP contribution < -0.4 is 0 Å². The number of aromatic nitrogens is 3. The van der Waals surface area contributed by atoms with Crippen molar-refractivity contribution in [3.63, 3.8) is 0 Å². The highest BCUT2D eigenvalue weighted by molar-refractivity contribution is 6.14. The Hall–Kier alpha value is -8.27. The quantitative estimate of drug-likeness (QED) is 0.115. The molecule has 0 radical (unpaired) electrons. The third-order valence-electron chi connectivity index (χ3n) is 12.9. The monoisotopic (exact) mass is 845 g/mol. The van der Waals surface area contributed by atoms with Gasteiger partial charge in [-0.1, -0.05) is 188 Å². The number of hydrogen-bond acceptors (Lipinski definition) is 3. The second kappa shape index (κ2) is 18.4. The highest BCUT2D eigenvalue weighted by Crippen LogP contribution is 2.44. The lowest BCUT2D eigenvalue weighted by atomic mass is 9.85. The van der Waals surface area contributed by atoms with E-state index in [9.17, 15) is 0 Å². The van der Waals surface area contributed by atoms with E-state index in [1.54, 1.807) is 0 Å². The number of fused-ring (bicyclic) bond motifs is 3. The maximum atomic E-state index is 4.89. The molecule has 3 nitrogen and oxygen atoms in total. The van der Waals surface area contributed by atoms with Crippen molar-refractivity contribution in [3.8, 4) is 67.0 Å². The van der Waals surface area contributed by atoms with Crippen LogP contribution in [0.5, 0.6) is 0 Å². The normalized spacial score (nSPS) is 11.3. The van der Waals surface area contributed by atoms with Crippen molar-refractivity contribution in [1.82, 2.24) is 15.0 Å². The molecule has 0 aliphatic heterocycles. The van der Waals surface area contributed by atoms with Gasteiger partial charge in [-0.25, -0.2) is 0 Å². The molecule has 0 spiro atoms. The van der Waals surface area contributed by atoms with Crippen LogP contribution in [0.4, 0.5) is 0 Å². The summed E-state index contributed by atoms with van der Waals surface area (Å²) >= 11 is 0. The van der Waals surface area contributed by atoms with Gasteiger partial charge in [0.1, 0.15) is 0 Å². The molecule has 3 aromatic heterocycles. The predicted octanol–water partition coefficient (Wildman–Crippen LogP) is 15.8. The highest BCUT2D eigenvalue weighted by atomic mass is 14.7. The van der Waals surface area contributed by atoms with Gasteiger partial charge in [0.2, 0.25) is 0 Å². The molecule has 314 valence electrons. The largest absolute Gasteiger partial charge is 0.256 e. The van der Waals surface area contributed by atoms with Gasteiger partial charge in [-0.15, -0.1) is 0 Å². The molecule has 0 amide bonds. The van der Waals surface area contributed by atoms with E-state index >= 15 is 0 Å². The summed E-state index contributed by atoms with van der Waals surface area (Å²) in [6, 6.07) is 79.2. The van der Waals surface area contributed by atoms with Gasteiger partial charge in [0.15, 0.2) is 0 Å². The number of rotatable bonds is 12. The smallest absolute Gasteiger partial charge is 0.0780 e. The van der Waals surface area contributed by atoms with Gasteiger partial charge in [0, 0.05) is 40.5 Å². The molecule has 0 bridgehead atoms. The predicted molar refractivity (Wildman–Crippen MR) is 275 cm³/mol. The Morgan fingerprint density at radius 2 is 0.788 bits per heavy atom. The molecule has 11 rings (SSSR count). The summed E-state index contributed by atoms with van der Waals surface area (Å²) in [5.74, 6) is 0. The molecule has 0 aliphatic carbocycles. The summed E-state index contributed by atoms with van der Waals surface area (Å²) in [6.45, 7) is 0. The zero-order chi connectivity index (χ0) is 44.1. The van der Waals surface area contributed by atoms with Crippen LogP contribution >= 0.6 is 0 Å². The van der Waals surface area contributed by atoms with Crippen molar-refractivity contribution in [1.29, 1.82) is 0 Å². The molecule has 0 atom stereocenters. The van der Waals surface area contributed by atoms with Crippen LogP contribution in [0, 0.1) is 0 Å². The number of nitrogens with zero attached hydrogens (tertiary/aromatic N) is 3. The van der Waals surface area contributed by atoms with Gasteiger partial charge in [-0.2, -0.15) is 0 Å². The molecule has 66 heavy (non-hydrogen) atoms. The molecule has 0 N–H and O–H groups in total. The molecule has 0 saturated heterocycles. The molecule has 3 heterocycles. The van der Waals surface area contributed by atoms with Crippen LogP contribution in [0.25, 0.3) is 88.7 Å². The SMILES string of the molecule is c1ccc(-c2ccc(-c3c(-c4ccccc4-c4cc(CCc5ccc(-c6ccccn6)cc5)cc(CCc5ccc(-c6ccccn6)cc5)c4)ccc4c3ccc3cccnc34)cc2)cc1. The third kappa shape index (κ3) is 8.55. The van der Waals surface area contributed by atoms with E-state index in [0.717, 1.165) is 64.5 Å². The molecule has 8 aromatic carbocycles. The first-order chi connectivity index (χ1) is 32.7. The van der Waals surface area contributed by atoms with Gasteiger partial charge >= 0.3 is 0 Å². The summed E-state index contributed by atoms with van der Waals surface area (Å²) in [5, 5.41) is 3.49. The molecule has 11 aromatic rings. The molecule has 3 heteroatoms. The summed E-state index contributed by atoms with van der Waals surface area (Å²) < 4.78 is 0. The summed E-state index contributed by atoms with van der Waals surface area (Å²) in [5.41, 5.74) is 20.3. The number of hydrogen-bond donors (Lipinski definition) is 0. The number of benzene rings is 8. The minimum Gasteiger partial charge on any atom is -0.256 e. The fourth-order valence-electron chi connectivity index (χ4n) is 9.45. The summed E-state index contributed by atoms with van der Waals surface area (Å²) in [4.78, 5) is 14.0. The van der Waals surface area contributed by atoms with Crippen molar-refractivity contribution < 1.29 is 0 Å². The van der Waals surface area contributed by atoms with Crippen molar-refractivity contribution >= 4 is 21.7 Å². The average molecular weight is 846 g/mol. The lowest BCUT2D eigenvalue weighted by Crippen LogP contribution is -1.98. The Kier molecular flexibility index (Phi) is 11.3. The van der Waals surface area contributed by atoms with Gasteiger partial charge in [0.25, 0.3) is 0 Å². The highest BCUT2D eigenvalue weighted by Gasteiger charge is 2.18. The standard InChI is InChI=1S/C63H47N3/c1-2-11-48(12-3-1)49-30-32-52(33-31-49)62-57(36-37-59-58(62)35-34-53-13-10-40-66-63(53)59)56-15-5-4-14-55(56)54-42-46(20-18-44-22-26-50(27-23-44)60-16-6-8-38-64-60)41-47(43-54)21-19-45-24-28-51(29-25-45)61-17-7-9-39-65-61/h1-17,22-43H,18-21H2. The lowest BCUT2D eigenvalue weighted by molar-refractivity contribution is 0.931. The van der Waals surface area contributed by atoms with E-state index < -0.39 is 0 Å². The Labute approximate surface area is 386 Å². The molecule has 0 saturated carbocycles. The fourth-order valence-corrected chi connectivity index (χ4v) is 9.45. The van der Waals surface area contributed by atoms with E-state index in [0.29, 0.717) is 0 Å². The molecule has 0 unspecified atom stereocenters. The Morgan fingerprint density at radius 3 is 1.41 bits per heavy atom. The Bertz CT molecular complexity index is 3310. The van der Waals surface area contributed by atoms with Crippen molar-refractivity contribution in [2.75, 3.05) is 0 Å². The Morgan fingerprint density at radius 1 is 0.273 bits per heavy atom. The van der Waals surface area contributed by atoms with Crippen LogP contribution in [0.2, 0.25) is 0 Å². The van der Waals surface area contributed by atoms with Crippen molar-refractivity contribution in [2.45, 2.75) is 25.7 Å². The minimum atomic E-state index is 0.930. The van der Waals surface area contributed by atoms with E-state index in [1.807, 2.05) is 48.9 Å². The van der Waals surface area contributed by atoms with Crippen molar-refractivity contribution in [3.05, 3.63) is 259 Å². The van der Waals surface area contributed by atoms with E-state index in [4.69, 9.17) is 4.98 Å². The minimum absolute atomic E-state index is 0.930. The van der Waals surface area contributed by atoms with E-state index in [-0.39, 0.29) is 0 Å². The maximum Gasteiger partial charge on any atom is 0.0780 e. The second-order valence-corrected chi connectivity index (χ2v) is 17.1. The zero-order valence-corrected chi connectivity index (χ0v) is 36.7. The molecule has 0 fully saturated rings. The summed E-state index contributed by atoms with van der Waals surface area (Å²) in [6.07, 6.45) is 9.35. The van der Waals surface area contributed by atoms with Gasteiger partial charge in [-0.3, -0.25) is 15.0 Å².